The molecule has 0 saturated heterocycles. The van der Waals surface area contributed by atoms with Gasteiger partial charge in [0, 0.05) is 40.5 Å². The fourth-order valence-electron chi connectivity index (χ4n) is 2.56. The zero-order valence-corrected chi connectivity index (χ0v) is 16.8. The molecule has 7 heteroatoms. The SMILES string of the molecule is C=CN(CCC(CN)C[Si](OC)(OC)OC)Cc1ccccc1.Cl. The summed E-state index contributed by atoms with van der Waals surface area (Å²) in [4.78, 5) is 2.20. The van der Waals surface area contributed by atoms with Crippen molar-refractivity contribution in [3.8, 4) is 0 Å². The highest BCUT2D eigenvalue weighted by atomic mass is 35.5. The summed E-state index contributed by atoms with van der Waals surface area (Å²) < 4.78 is 16.5. The number of halogens is 1. The van der Waals surface area contributed by atoms with Crippen LogP contribution in [0.15, 0.2) is 43.1 Å². The average Bonchev–Trinajstić information content (AvgIpc) is 2.62. The van der Waals surface area contributed by atoms with Gasteiger partial charge in [0.15, 0.2) is 0 Å². The number of benzene rings is 1. The van der Waals surface area contributed by atoms with Gasteiger partial charge in [-0.05, 0) is 30.6 Å². The third-order valence-electron chi connectivity index (χ3n) is 4.12. The molecule has 0 aromatic heterocycles. The molecule has 24 heavy (non-hydrogen) atoms. The van der Waals surface area contributed by atoms with Crippen LogP contribution in [0.5, 0.6) is 0 Å². The van der Waals surface area contributed by atoms with E-state index in [-0.39, 0.29) is 12.4 Å². The Morgan fingerprint density at radius 2 is 1.75 bits per heavy atom. The Hall–Kier alpha value is -0.893. The lowest BCUT2D eigenvalue weighted by molar-refractivity contribution is 0.117. The molecule has 138 valence electrons. The summed E-state index contributed by atoms with van der Waals surface area (Å²) >= 11 is 0. The Labute approximate surface area is 153 Å². The first kappa shape index (κ1) is 23.1. The number of hydrogen-bond donors (Lipinski definition) is 1. The Bertz CT molecular complexity index is 438. The Kier molecular flexibility index (Phi) is 12.0. The van der Waals surface area contributed by atoms with E-state index in [1.807, 2.05) is 12.3 Å². The molecule has 0 fully saturated rings. The van der Waals surface area contributed by atoms with E-state index in [0.717, 1.165) is 25.6 Å². The van der Waals surface area contributed by atoms with Crippen LogP contribution in [-0.4, -0.2) is 48.1 Å². The molecule has 0 heterocycles. The molecular weight excluding hydrogens is 344 g/mol. The van der Waals surface area contributed by atoms with E-state index in [1.54, 1.807) is 21.3 Å². The molecule has 0 aliphatic rings. The van der Waals surface area contributed by atoms with E-state index < -0.39 is 8.80 Å². The van der Waals surface area contributed by atoms with Gasteiger partial charge < -0.3 is 23.9 Å². The van der Waals surface area contributed by atoms with Crippen molar-refractivity contribution in [2.75, 3.05) is 34.4 Å². The first-order valence-electron chi connectivity index (χ1n) is 7.89. The van der Waals surface area contributed by atoms with E-state index in [0.29, 0.717) is 12.5 Å². The third kappa shape index (κ3) is 7.34. The van der Waals surface area contributed by atoms with Gasteiger partial charge in [-0.15, -0.1) is 12.4 Å². The molecule has 1 unspecified atom stereocenters. The van der Waals surface area contributed by atoms with Crippen LogP contribution in [0.3, 0.4) is 0 Å². The first-order valence-corrected chi connectivity index (χ1v) is 9.82. The normalized spacial score (nSPS) is 12.3. The van der Waals surface area contributed by atoms with Crippen LogP contribution < -0.4 is 5.73 Å². The van der Waals surface area contributed by atoms with Gasteiger partial charge in [-0.2, -0.15) is 0 Å². The van der Waals surface area contributed by atoms with Crippen LogP contribution in [0.25, 0.3) is 0 Å². The van der Waals surface area contributed by atoms with E-state index in [2.05, 4.69) is 35.7 Å². The second-order valence-corrected chi connectivity index (χ2v) is 8.53. The molecule has 0 amide bonds. The van der Waals surface area contributed by atoms with E-state index in [1.165, 1.54) is 5.56 Å². The molecular formula is C17H31ClN2O3Si. The van der Waals surface area contributed by atoms with Crippen LogP contribution in [0.4, 0.5) is 0 Å². The van der Waals surface area contributed by atoms with Gasteiger partial charge in [-0.25, -0.2) is 0 Å². The smallest absolute Gasteiger partial charge is 0.377 e. The average molecular weight is 375 g/mol. The van der Waals surface area contributed by atoms with Crippen LogP contribution in [0.2, 0.25) is 6.04 Å². The molecule has 1 aromatic carbocycles. The van der Waals surface area contributed by atoms with Gasteiger partial charge in [-0.3, -0.25) is 0 Å². The molecule has 1 rings (SSSR count). The van der Waals surface area contributed by atoms with Gasteiger partial charge in [0.05, 0.1) is 0 Å². The van der Waals surface area contributed by atoms with Crippen LogP contribution >= 0.6 is 12.4 Å². The number of hydrogen-bond acceptors (Lipinski definition) is 5. The van der Waals surface area contributed by atoms with Gasteiger partial charge >= 0.3 is 8.80 Å². The molecule has 1 atom stereocenters. The molecule has 1 aromatic rings. The van der Waals surface area contributed by atoms with Crippen LogP contribution in [-0.2, 0) is 19.8 Å². The zero-order chi connectivity index (χ0) is 17.1. The Balaban J connectivity index is 0.00000529. The topological polar surface area (TPSA) is 57.0 Å². The highest BCUT2D eigenvalue weighted by Gasteiger charge is 2.40. The largest absolute Gasteiger partial charge is 0.500 e. The van der Waals surface area contributed by atoms with E-state index in [9.17, 15) is 0 Å². The summed E-state index contributed by atoms with van der Waals surface area (Å²) in [6, 6.07) is 11.1. The molecule has 0 spiro atoms. The summed E-state index contributed by atoms with van der Waals surface area (Å²) in [7, 11) is 2.33. The fraction of sp³-hybridized carbons (Fsp3) is 0.529. The standard InChI is InChI=1S/C17H30N2O3Si.ClH/c1-5-19(14-16-9-7-6-8-10-16)12-11-17(13-18)15-23(20-2,21-3)22-4;/h5-10,17H,1,11-15,18H2,2-4H3;1H. The lowest BCUT2D eigenvalue weighted by atomic mass is 10.1. The summed E-state index contributed by atoms with van der Waals surface area (Å²) in [6.45, 7) is 6.24. The predicted octanol–water partition coefficient (Wildman–Crippen LogP) is 2.90. The zero-order valence-electron chi connectivity index (χ0n) is 14.9. The maximum absolute atomic E-state index is 5.94. The number of nitrogens with zero attached hydrogens (tertiary/aromatic N) is 1. The van der Waals surface area contributed by atoms with Crippen LogP contribution in [0, 0.1) is 5.92 Å². The van der Waals surface area contributed by atoms with Crippen molar-refractivity contribution < 1.29 is 13.3 Å². The minimum Gasteiger partial charge on any atom is -0.377 e. The summed E-state index contributed by atoms with van der Waals surface area (Å²) in [5, 5.41) is 0. The first-order chi connectivity index (χ1) is 11.1. The molecule has 5 nitrogen and oxygen atoms in total. The van der Waals surface area contributed by atoms with Crippen molar-refractivity contribution in [3.63, 3.8) is 0 Å². The van der Waals surface area contributed by atoms with Crippen molar-refractivity contribution >= 4 is 21.2 Å². The van der Waals surface area contributed by atoms with Crippen molar-refractivity contribution in [2.24, 2.45) is 11.7 Å². The molecule has 0 bridgehead atoms. The lowest BCUT2D eigenvalue weighted by Gasteiger charge is -2.29. The molecule has 0 saturated carbocycles. The second-order valence-electron chi connectivity index (χ2n) is 5.53. The monoisotopic (exact) mass is 374 g/mol. The van der Waals surface area contributed by atoms with E-state index in [4.69, 9.17) is 19.0 Å². The Morgan fingerprint density at radius 3 is 2.21 bits per heavy atom. The van der Waals surface area contributed by atoms with Crippen molar-refractivity contribution in [1.82, 2.24) is 4.90 Å². The minimum absolute atomic E-state index is 0. The summed E-state index contributed by atoms with van der Waals surface area (Å²) in [5.74, 6) is 0.291. The Morgan fingerprint density at radius 1 is 1.17 bits per heavy atom. The van der Waals surface area contributed by atoms with Crippen molar-refractivity contribution in [1.29, 1.82) is 0 Å². The van der Waals surface area contributed by atoms with Crippen molar-refractivity contribution in [3.05, 3.63) is 48.7 Å². The second kappa shape index (κ2) is 12.5. The predicted molar refractivity (Wildman–Crippen MR) is 103 cm³/mol. The van der Waals surface area contributed by atoms with Crippen molar-refractivity contribution in [2.45, 2.75) is 19.0 Å². The summed E-state index contributed by atoms with van der Waals surface area (Å²) in [5.41, 5.74) is 7.21. The van der Waals surface area contributed by atoms with Gasteiger partial charge in [0.25, 0.3) is 0 Å². The molecule has 0 aliphatic carbocycles. The lowest BCUT2D eigenvalue weighted by Crippen LogP contribution is -2.45. The van der Waals surface area contributed by atoms with E-state index >= 15 is 0 Å². The molecule has 0 radical (unpaired) electrons. The third-order valence-corrected chi connectivity index (χ3v) is 7.06. The maximum Gasteiger partial charge on any atom is 0.500 e. The quantitative estimate of drug-likeness (QED) is 0.570. The minimum atomic E-state index is -2.58. The molecule has 2 N–H and O–H groups in total. The van der Waals surface area contributed by atoms with Crippen LogP contribution in [0.1, 0.15) is 12.0 Å². The van der Waals surface area contributed by atoms with Gasteiger partial charge in [0.1, 0.15) is 0 Å². The maximum atomic E-state index is 5.94. The van der Waals surface area contributed by atoms with Gasteiger partial charge in [-0.1, -0.05) is 36.9 Å². The highest BCUT2D eigenvalue weighted by molar-refractivity contribution is 6.60. The number of nitrogens with two attached hydrogens (primary N) is 1. The van der Waals surface area contributed by atoms with Gasteiger partial charge in [0.2, 0.25) is 0 Å². The summed E-state index contributed by atoms with van der Waals surface area (Å²) in [6.07, 6.45) is 2.83. The fourth-order valence-corrected chi connectivity index (χ4v) is 4.64. The number of rotatable bonds is 12. The molecule has 0 aliphatic heterocycles. The highest BCUT2D eigenvalue weighted by Crippen LogP contribution is 2.22.